The van der Waals surface area contributed by atoms with Crippen LogP contribution in [0.5, 0.6) is 0 Å². The molecular formula is C57H30N6O12. The van der Waals surface area contributed by atoms with Gasteiger partial charge in [0, 0.05) is 72.8 Å². The van der Waals surface area contributed by atoms with Gasteiger partial charge < -0.3 is 0 Å². The highest BCUT2D eigenvalue weighted by Crippen LogP contribution is 2.64. The minimum Gasteiger partial charge on any atom is -0.258 e. The van der Waals surface area contributed by atoms with E-state index in [0.717, 1.165) is 99.1 Å². The second kappa shape index (κ2) is 15.9. The van der Waals surface area contributed by atoms with Crippen LogP contribution < -0.4 is 0 Å². The second-order valence-corrected chi connectivity index (χ2v) is 18.7. The summed E-state index contributed by atoms with van der Waals surface area (Å²) in [6, 6.07) is 37.4. The zero-order valence-corrected chi connectivity index (χ0v) is 38.6. The van der Waals surface area contributed by atoms with Gasteiger partial charge in [0.15, 0.2) is 0 Å². The van der Waals surface area contributed by atoms with Gasteiger partial charge in [-0.3, -0.25) is 60.7 Å². The molecule has 13 rings (SSSR count). The molecule has 18 heteroatoms. The molecule has 0 spiro atoms. The number of non-ortho nitro benzene ring substituents is 6. The van der Waals surface area contributed by atoms with E-state index in [4.69, 9.17) is 0 Å². The molecule has 10 aromatic carbocycles. The number of benzene rings is 10. The van der Waals surface area contributed by atoms with Gasteiger partial charge in [0.25, 0.3) is 34.1 Å². The van der Waals surface area contributed by atoms with Gasteiger partial charge in [0.1, 0.15) is 0 Å². The Labute approximate surface area is 420 Å². The first kappa shape index (κ1) is 44.3. The molecular weight excluding hydrogens is 961 g/mol. The van der Waals surface area contributed by atoms with Gasteiger partial charge in [-0.15, -0.1) is 0 Å². The second-order valence-electron chi connectivity index (χ2n) is 18.7. The molecule has 0 atom stereocenters. The highest BCUT2D eigenvalue weighted by atomic mass is 16.6. The van der Waals surface area contributed by atoms with Gasteiger partial charge in [0.05, 0.1) is 29.5 Å². The van der Waals surface area contributed by atoms with Gasteiger partial charge in [-0.1, -0.05) is 0 Å². The molecule has 0 saturated carbocycles. The smallest absolute Gasteiger partial charge is 0.258 e. The van der Waals surface area contributed by atoms with Crippen LogP contribution in [0, 0.1) is 60.7 Å². The van der Waals surface area contributed by atoms with E-state index in [9.17, 15) is 60.7 Å². The van der Waals surface area contributed by atoms with Crippen molar-refractivity contribution in [1.29, 1.82) is 0 Å². The summed E-state index contributed by atoms with van der Waals surface area (Å²) >= 11 is 0. The molecule has 0 bridgehead atoms. The molecule has 0 saturated heterocycles. The van der Waals surface area contributed by atoms with E-state index < -0.39 is 29.5 Å². The van der Waals surface area contributed by atoms with E-state index in [1.165, 1.54) is 72.8 Å². The number of hydrogen-bond donors (Lipinski definition) is 0. The minimum atomic E-state index is -0.486. The summed E-state index contributed by atoms with van der Waals surface area (Å²) in [5.41, 5.74) is 12.5. The average Bonchev–Trinajstić information content (AvgIpc) is 4.25. The highest BCUT2D eigenvalue weighted by molar-refractivity contribution is 6.38. The fraction of sp³-hybridized carbons (Fsp3) is 0.0526. The minimum absolute atomic E-state index is 0.139. The Morgan fingerprint density at radius 1 is 0.213 bits per heavy atom. The van der Waals surface area contributed by atoms with E-state index in [0.29, 0.717) is 33.4 Å². The molecule has 0 amide bonds. The molecule has 3 aliphatic carbocycles. The van der Waals surface area contributed by atoms with Crippen LogP contribution >= 0.6 is 0 Å². The monoisotopic (exact) mass is 990 g/mol. The summed E-state index contributed by atoms with van der Waals surface area (Å²) in [7, 11) is 0. The first-order valence-electron chi connectivity index (χ1n) is 23.3. The summed E-state index contributed by atoms with van der Waals surface area (Å²) in [5.74, 6) is 0. The molecule has 0 radical (unpaired) electrons. The quantitative estimate of drug-likeness (QED) is 0.0629. The number of nitro groups is 6. The zero-order valence-electron chi connectivity index (χ0n) is 38.6. The van der Waals surface area contributed by atoms with Gasteiger partial charge in [0.2, 0.25) is 0 Å². The van der Waals surface area contributed by atoms with Gasteiger partial charge in [-0.2, -0.15) is 0 Å². The van der Waals surface area contributed by atoms with E-state index in [-0.39, 0.29) is 53.4 Å². The molecule has 0 N–H and O–H groups in total. The van der Waals surface area contributed by atoms with Gasteiger partial charge >= 0.3 is 0 Å². The highest BCUT2D eigenvalue weighted by Gasteiger charge is 2.41. The Balaban J connectivity index is 1.25. The summed E-state index contributed by atoms with van der Waals surface area (Å²) < 4.78 is 0. The van der Waals surface area contributed by atoms with Crippen LogP contribution in [0.25, 0.3) is 99.1 Å². The fourth-order valence-electron chi connectivity index (χ4n) is 12.2. The topological polar surface area (TPSA) is 259 Å². The predicted molar refractivity (Wildman–Crippen MR) is 280 cm³/mol. The lowest BCUT2D eigenvalue weighted by Gasteiger charge is -2.20. The third-order valence-corrected chi connectivity index (χ3v) is 15.1. The Bertz CT molecular complexity index is 3580. The zero-order chi connectivity index (χ0) is 51.9. The molecule has 0 aromatic heterocycles. The van der Waals surface area contributed by atoms with Crippen molar-refractivity contribution in [2.45, 2.75) is 19.3 Å². The maximum atomic E-state index is 12.1. The van der Waals surface area contributed by atoms with Crippen molar-refractivity contribution in [3.8, 4) is 66.8 Å². The molecule has 360 valence electrons. The Morgan fingerprint density at radius 2 is 0.333 bits per heavy atom. The lowest BCUT2D eigenvalue weighted by Crippen LogP contribution is -2.00. The van der Waals surface area contributed by atoms with E-state index >= 15 is 0 Å². The molecule has 0 aliphatic heterocycles. The normalized spacial score (nSPS) is 12.5. The van der Waals surface area contributed by atoms with Crippen LogP contribution in [0.1, 0.15) is 33.4 Å². The maximum Gasteiger partial charge on any atom is 0.269 e. The number of rotatable bonds is 12. The molecule has 0 fully saturated rings. The predicted octanol–water partition coefficient (Wildman–Crippen LogP) is 14.3. The molecule has 18 nitrogen and oxygen atoms in total. The standard InChI is InChI=1S/C57H30N6O12/c64-58(65)34-13-1-28(2-14-34)46-40-25-42-48(30-5-17-36(18-6-30)60(68)69)50(32-9-21-38(22-10-32)62(72)73)44-27-45-51(33-11-23-39(24-12-33)63(74)75)49(31-7-19-37(20-8-31)61(70)71)43-26-41(47(46)29-3-15-35(16-4-29)59(66)67)53-52(40)54(42)56(44)57(45)55(43)53/h1-24H,25-27H2. The first-order chi connectivity index (χ1) is 36.2. The molecule has 75 heavy (non-hydrogen) atoms. The SMILES string of the molecule is O=[N+]([O-])c1ccc(-c2c(-c3ccc([N+](=O)[O-])cc3)c3c4c5c2Cc2c(-c6ccc([N+](=O)[O-])cc6)c(-c6ccc([N+](=O)[O-])cc6)c6c(c25)c2c(c(-c5ccc([N+](=O)[O-])cc5)c(-c5ccc([N+](=O)[O-])cc5)c(c42)C3)C6)cc1. The molecule has 0 heterocycles. The van der Waals surface area contributed by atoms with E-state index in [1.54, 1.807) is 72.8 Å². The van der Waals surface area contributed by atoms with Crippen molar-refractivity contribution in [2.75, 3.05) is 0 Å². The van der Waals surface area contributed by atoms with Crippen molar-refractivity contribution in [2.24, 2.45) is 0 Å². The number of hydrogen-bond acceptors (Lipinski definition) is 12. The maximum absolute atomic E-state index is 12.1. The van der Waals surface area contributed by atoms with Crippen LogP contribution in [-0.2, 0) is 19.3 Å². The lowest BCUT2D eigenvalue weighted by atomic mass is 9.82. The number of nitrogens with zero attached hydrogens (tertiary/aromatic N) is 6. The van der Waals surface area contributed by atoms with Crippen molar-refractivity contribution in [1.82, 2.24) is 0 Å². The van der Waals surface area contributed by atoms with Gasteiger partial charge in [-0.25, -0.2) is 0 Å². The average molecular weight is 991 g/mol. The van der Waals surface area contributed by atoms with Crippen LogP contribution in [0.4, 0.5) is 34.1 Å². The van der Waals surface area contributed by atoms with E-state index in [2.05, 4.69) is 0 Å². The van der Waals surface area contributed by atoms with Crippen LogP contribution in [0.15, 0.2) is 146 Å². The van der Waals surface area contributed by atoms with Crippen LogP contribution in [0.3, 0.4) is 0 Å². The summed E-state index contributed by atoms with van der Waals surface area (Å²) in [4.78, 5) is 69.7. The first-order valence-corrected chi connectivity index (χ1v) is 23.3. The molecule has 3 aliphatic rings. The van der Waals surface area contributed by atoms with Crippen molar-refractivity contribution >= 4 is 66.4 Å². The van der Waals surface area contributed by atoms with Crippen molar-refractivity contribution in [3.05, 3.63) is 240 Å². The summed E-state index contributed by atoms with van der Waals surface area (Å²) in [6.07, 6.45) is 0.812. The third-order valence-electron chi connectivity index (χ3n) is 15.1. The number of nitro benzene ring substituents is 6. The van der Waals surface area contributed by atoms with Gasteiger partial charge in [-0.05, 0) is 225 Å². The largest absolute Gasteiger partial charge is 0.269 e. The third kappa shape index (κ3) is 6.39. The summed E-state index contributed by atoms with van der Waals surface area (Å²) in [5, 5.41) is 78.1. The Morgan fingerprint density at radius 3 is 0.440 bits per heavy atom. The van der Waals surface area contributed by atoms with Crippen LogP contribution in [-0.4, -0.2) is 29.5 Å². The Hall–Kier alpha value is -10.6. The Kier molecular flexibility index (Phi) is 9.42. The fourth-order valence-corrected chi connectivity index (χ4v) is 12.2. The summed E-state index contributed by atoms with van der Waals surface area (Å²) in [6.45, 7) is 0. The van der Waals surface area contributed by atoms with Crippen LogP contribution in [0.2, 0.25) is 0 Å². The van der Waals surface area contributed by atoms with Crippen molar-refractivity contribution in [3.63, 3.8) is 0 Å². The lowest BCUT2D eigenvalue weighted by molar-refractivity contribution is -0.385. The molecule has 10 aromatic rings. The van der Waals surface area contributed by atoms with Crippen molar-refractivity contribution < 1.29 is 29.5 Å². The molecule has 0 unspecified atom stereocenters. The van der Waals surface area contributed by atoms with E-state index in [1.807, 2.05) is 0 Å².